The lowest BCUT2D eigenvalue weighted by atomic mass is 9.74. The lowest BCUT2D eigenvalue weighted by molar-refractivity contribution is -0.384. The summed E-state index contributed by atoms with van der Waals surface area (Å²) >= 11 is 5.17. The Morgan fingerprint density at radius 1 is 1.55 bits per heavy atom. The highest BCUT2D eigenvalue weighted by Crippen LogP contribution is 2.40. The number of aliphatic imine (C=N–C) groups is 1. The number of hydrogen-bond acceptors (Lipinski definition) is 4. The van der Waals surface area contributed by atoms with E-state index in [1.165, 1.54) is 19.1 Å². The van der Waals surface area contributed by atoms with E-state index in [1.54, 1.807) is 19.1 Å². The molecule has 0 saturated heterocycles. The highest BCUT2D eigenvalue weighted by molar-refractivity contribution is 7.80. The van der Waals surface area contributed by atoms with Gasteiger partial charge >= 0.3 is 5.78 Å². The summed E-state index contributed by atoms with van der Waals surface area (Å²) in [5, 5.41) is 11.0. The molecule has 1 heterocycles. The standard InChI is InChI=1S/C15H13N3O3S/c1-8-13(9(2)19)14(12(7-16)15(22)17-8)10-4-3-5-11(6-10)18(20)21/h3-7,14H,1-2H3,(H-,16,22). The quantitative estimate of drug-likeness (QED) is 0.280. The third-order valence-electron chi connectivity index (χ3n) is 3.45. The van der Waals surface area contributed by atoms with Gasteiger partial charge in [0.2, 0.25) is 11.6 Å². The van der Waals surface area contributed by atoms with E-state index in [-0.39, 0.29) is 16.5 Å². The van der Waals surface area contributed by atoms with Crippen LogP contribution in [-0.4, -0.2) is 21.4 Å². The third-order valence-corrected chi connectivity index (χ3v) is 3.78. The summed E-state index contributed by atoms with van der Waals surface area (Å²) in [6.07, 6.45) is 1.06. The SMILES string of the molecule is CC(=O)[C+]1C(C)=NC(=S)C(=C[NH-])C1c1cccc([N+](=O)[O-])c1. The summed E-state index contributed by atoms with van der Waals surface area (Å²) in [6, 6.07) is 6.02. The topological polar surface area (TPSA) is 96.4 Å². The minimum Gasteiger partial charge on any atom is -0.705 e. The number of nitro benzene ring substituents is 1. The second-order valence-corrected chi connectivity index (χ2v) is 5.24. The molecule has 1 aliphatic rings. The number of thiocarbonyl (C=S) groups is 1. The first-order chi connectivity index (χ1) is 10.4. The molecule has 0 radical (unpaired) electrons. The van der Waals surface area contributed by atoms with Gasteiger partial charge in [-0.3, -0.25) is 10.1 Å². The highest BCUT2D eigenvalue weighted by atomic mass is 32.1. The van der Waals surface area contributed by atoms with E-state index in [1.807, 2.05) is 0 Å². The molecule has 6 nitrogen and oxygen atoms in total. The van der Waals surface area contributed by atoms with E-state index in [0.29, 0.717) is 22.8 Å². The second-order valence-electron chi connectivity index (χ2n) is 4.86. The van der Waals surface area contributed by atoms with Gasteiger partial charge in [0, 0.05) is 37.1 Å². The number of ketones is 1. The van der Waals surface area contributed by atoms with Crippen LogP contribution < -0.4 is 0 Å². The number of benzene rings is 1. The Hall–Kier alpha value is -2.54. The molecule has 0 fully saturated rings. The molecular formula is C15H13N3O3S. The smallest absolute Gasteiger partial charge is 0.314 e. The highest BCUT2D eigenvalue weighted by Gasteiger charge is 2.48. The molecule has 1 N–H and O–H groups in total. The molecule has 0 amide bonds. The van der Waals surface area contributed by atoms with Gasteiger partial charge < -0.3 is 5.73 Å². The Labute approximate surface area is 132 Å². The summed E-state index contributed by atoms with van der Waals surface area (Å²) in [5.41, 5.74) is 8.92. The van der Waals surface area contributed by atoms with Crippen molar-refractivity contribution in [3.63, 3.8) is 0 Å². The lowest BCUT2D eigenvalue weighted by Crippen LogP contribution is -2.32. The molecule has 22 heavy (non-hydrogen) atoms. The van der Waals surface area contributed by atoms with Crippen LogP contribution >= 0.6 is 12.2 Å². The van der Waals surface area contributed by atoms with Crippen LogP contribution in [0.5, 0.6) is 0 Å². The number of nitrogens with zero attached hydrogens (tertiary/aromatic N) is 2. The van der Waals surface area contributed by atoms with E-state index >= 15 is 0 Å². The van der Waals surface area contributed by atoms with Crippen LogP contribution in [0, 0.1) is 16.0 Å². The van der Waals surface area contributed by atoms with E-state index in [0.717, 1.165) is 6.20 Å². The average molecular weight is 315 g/mol. The predicted octanol–water partition coefficient (Wildman–Crippen LogP) is 3.58. The molecular weight excluding hydrogens is 302 g/mol. The molecule has 0 saturated carbocycles. The fourth-order valence-electron chi connectivity index (χ4n) is 2.53. The van der Waals surface area contributed by atoms with Crippen LogP contribution in [0.4, 0.5) is 5.69 Å². The summed E-state index contributed by atoms with van der Waals surface area (Å²) in [4.78, 5) is 26.8. The molecule has 112 valence electrons. The van der Waals surface area contributed by atoms with Gasteiger partial charge in [0.1, 0.15) is 4.99 Å². The van der Waals surface area contributed by atoms with Gasteiger partial charge in [-0.2, -0.15) is 11.2 Å². The summed E-state index contributed by atoms with van der Waals surface area (Å²) < 4.78 is 0. The average Bonchev–Trinajstić information content (AvgIpc) is 2.46. The van der Waals surface area contributed by atoms with E-state index in [2.05, 4.69) is 4.99 Å². The maximum absolute atomic E-state index is 12.0. The van der Waals surface area contributed by atoms with Gasteiger partial charge in [0.05, 0.1) is 4.92 Å². The van der Waals surface area contributed by atoms with Crippen LogP contribution in [0.1, 0.15) is 25.3 Å². The fraction of sp³-hybridized carbons (Fsp3) is 0.200. The monoisotopic (exact) mass is 315 g/mol. The first kappa shape index (κ1) is 15.8. The number of hydrogen-bond donors (Lipinski definition) is 0. The van der Waals surface area contributed by atoms with Crippen molar-refractivity contribution >= 4 is 34.4 Å². The Bertz CT molecular complexity index is 724. The Morgan fingerprint density at radius 2 is 2.23 bits per heavy atom. The lowest BCUT2D eigenvalue weighted by Gasteiger charge is -2.23. The zero-order valence-corrected chi connectivity index (χ0v) is 12.8. The van der Waals surface area contributed by atoms with Crippen molar-refractivity contribution in [3.8, 4) is 0 Å². The van der Waals surface area contributed by atoms with Gasteiger partial charge in [0.25, 0.3) is 5.69 Å². The number of nitrogens with one attached hydrogen (secondary N) is 1. The molecule has 1 unspecified atom stereocenters. The summed E-state index contributed by atoms with van der Waals surface area (Å²) in [6.45, 7) is 3.09. The molecule has 7 heteroatoms. The molecule has 0 aromatic heterocycles. The largest absolute Gasteiger partial charge is 0.705 e. The normalized spacial score (nSPS) is 20.0. The van der Waals surface area contributed by atoms with Crippen molar-refractivity contribution < 1.29 is 9.72 Å². The van der Waals surface area contributed by atoms with E-state index in [9.17, 15) is 14.9 Å². The van der Waals surface area contributed by atoms with Crippen molar-refractivity contribution in [1.29, 1.82) is 0 Å². The minimum atomic E-state index is -0.597. The van der Waals surface area contributed by atoms with Crippen molar-refractivity contribution in [2.24, 2.45) is 4.99 Å². The zero-order chi connectivity index (χ0) is 16.4. The number of nitro groups is 1. The number of rotatable bonds is 3. The van der Waals surface area contributed by atoms with Crippen LogP contribution in [0.15, 0.2) is 41.0 Å². The maximum atomic E-state index is 12.0. The molecule has 1 atom stereocenters. The third kappa shape index (κ3) is 2.75. The Balaban J connectivity index is 2.64. The zero-order valence-electron chi connectivity index (χ0n) is 12.0. The molecule has 0 spiro atoms. The Kier molecular flexibility index (Phi) is 4.37. The first-order valence-corrected chi connectivity index (χ1v) is 6.87. The molecule has 0 aliphatic carbocycles. The van der Waals surface area contributed by atoms with Crippen molar-refractivity contribution in [3.05, 3.63) is 63.4 Å². The minimum absolute atomic E-state index is 0.0733. The van der Waals surface area contributed by atoms with Crippen LogP contribution in [0.25, 0.3) is 5.73 Å². The number of non-ortho nitro benzene ring substituents is 1. The number of carbonyl (C=O) groups is 1. The summed E-state index contributed by atoms with van der Waals surface area (Å²) in [5.74, 6) is -0.382. The maximum Gasteiger partial charge on any atom is 0.314 e. The van der Waals surface area contributed by atoms with Gasteiger partial charge in [0.15, 0.2) is 5.92 Å². The first-order valence-electron chi connectivity index (χ1n) is 6.46. The fourth-order valence-corrected chi connectivity index (χ4v) is 2.85. The molecule has 1 aromatic rings. The molecule has 2 rings (SSSR count). The summed E-state index contributed by atoms with van der Waals surface area (Å²) in [7, 11) is 0. The van der Waals surface area contributed by atoms with Crippen molar-refractivity contribution in [1.82, 2.24) is 0 Å². The van der Waals surface area contributed by atoms with Crippen molar-refractivity contribution in [2.45, 2.75) is 19.8 Å². The molecule has 1 aliphatic heterocycles. The van der Waals surface area contributed by atoms with Gasteiger partial charge in [-0.05, 0) is 0 Å². The van der Waals surface area contributed by atoms with Crippen LogP contribution in [0.3, 0.4) is 0 Å². The van der Waals surface area contributed by atoms with E-state index < -0.39 is 10.8 Å². The van der Waals surface area contributed by atoms with Gasteiger partial charge in [-0.1, -0.05) is 24.4 Å². The second kappa shape index (κ2) is 6.07. The van der Waals surface area contributed by atoms with Crippen LogP contribution in [0.2, 0.25) is 0 Å². The molecule has 0 bridgehead atoms. The number of carbonyl (C=O) groups excluding carboxylic acids is 1. The van der Waals surface area contributed by atoms with Gasteiger partial charge in [-0.15, -0.1) is 0 Å². The molecule has 1 aromatic carbocycles. The van der Waals surface area contributed by atoms with Crippen molar-refractivity contribution in [2.75, 3.05) is 0 Å². The predicted molar refractivity (Wildman–Crippen MR) is 87.9 cm³/mol. The van der Waals surface area contributed by atoms with Crippen LogP contribution in [-0.2, 0) is 4.79 Å². The number of Topliss-reactive ketones (excluding diaryl/α,β-unsaturated/α-hetero) is 1. The van der Waals surface area contributed by atoms with Gasteiger partial charge in [-0.25, -0.2) is 4.79 Å². The Morgan fingerprint density at radius 3 is 2.77 bits per heavy atom. The van der Waals surface area contributed by atoms with E-state index in [4.69, 9.17) is 18.0 Å².